The van der Waals surface area contributed by atoms with Crippen molar-refractivity contribution in [1.29, 1.82) is 5.41 Å². The Hall–Kier alpha value is -0.920. The standard InChI is InChI=1S/C13H8Br3FN2O/c14-6-1-3-9(8(15)5-6)20-10-4-2-7(13(18)19)11(16)12(10)17/h1-5H,(H3,18,19). The first-order valence-electron chi connectivity index (χ1n) is 5.35. The summed E-state index contributed by atoms with van der Waals surface area (Å²) in [5, 5.41) is 7.35. The quantitative estimate of drug-likeness (QED) is 0.483. The first-order valence-corrected chi connectivity index (χ1v) is 7.73. The Labute approximate surface area is 140 Å². The summed E-state index contributed by atoms with van der Waals surface area (Å²) in [7, 11) is 0. The molecule has 20 heavy (non-hydrogen) atoms. The van der Waals surface area contributed by atoms with Gasteiger partial charge in [0.05, 0.1) is 8.95 Å². The monoisotopic (exact) mass is 464 g/mol. The minimum atomic E-state index is -0.604. The maximum Gasteiger partial charge on any atom is 0.180 e. The minimum Gasteiger partial charge on any atom is -0.453 e. The molecule has 3 N–H and O–H groups in total. The smallest absolute Gasteiger partial charge is 0.180 e. The van der Waals surface area contributed by atoms with Crippen molar-refractivity contribution in [2.45, 2.75) is 0 Å². The highest BCUT2D eigenvalue weighted by Crippen LogP contribution is 2.35. The first-order chi connectivity index (χ1) is 9.40. The zero-order valence-electron chi connectivity index (χ0n) is 9.88. The fourth-order valence-corrected chi connectivity index (χ4v) is 3.16. The Morgan fingerprint density at radius 2 is 1.75 bits per heavy atom. The van der Waals surface area contributed by atoms with Crippen LogP contribution in [-0.2, 0) is 0 Å². The van der Waals surface area contributed by atoms with Gasteiger partial charge in [0.15, 0.2) is 11.6 Å². The van der Waals surface area contributed by atoms with Crippen LogP contribution in [0.4, 0.5) is 4.39 Å². The highest BCUT2D eigenvalue weighted by atomic mass is 79.9. The van der Waals surface area contributed by atoms with Crippen molar-refractivity contribution in [2.75, 3.05) is 0 Å². The lowest BCUT2D eigenvalue weighted by Gasteiger charge is -2.11. The van der Waals surface area contributed by atoms with E-state index in [1.807, 2.05) is 0 Å². The molecule has 0 radical (unpaired) electrons. The van der Waals surface area contributed by atoms with E-state index in [2.05, 4.69) is 47.8 Å². The van der Waals surface area contributed by atoms with Crippen LogP contribution >= 0.6 is 47.8 Å². The van der Waals surface area contributed by atoms with Gasteiger partial charge in [-0.2, -0.15) is 0 Å². The van der Waals surface area contributed by atoms with Crippen LogP contribution in [0.5, 0.6) is 11.5 Å². The van der Waals surface area contributed by atoms with Gasteiger partial charge in [-0.15, -0.1) is 0 Å². The van der Waals surface area contributed by atoms with Crippen molar-refractivity contribution >= 4 is 53.6 Å². The zero-order valence-corrected chi connectivity index (χ0v) is 14.6. The van der Waals surface area contributed by atoms with Crippen LogP contribution in [0.25, 0.3) is 0 Å². The summed E-state index contributed by atoms with van der Waals surface area (Å²) >= 11 is 9.75. The molecular weight excluding hydrogens is 459 g/mol. The van der Waals surface area contributed by atoms with Crippen molar-refractivity contribution in [3.63, 3.8) is 0 Å². The molecule has 7 heteroatoms. The molecular formula is C13H8Br3FN2O. The third kappa shape index (κ3) is 3.21. The van der Waals surface area contributed by atoms with E-state index in [9.17, 15) is 4.39 Å². The van der Waals surface area contributed by atoms with E-state index >= 15 is 0 Å². The molecule has 0 spiro atoms. The van der Waals surface area contributed by atoms with Gasteiger partial charge in [-0.05, 0) is 62.2 Å². The molecule has 2 rings (SSSR count). The summed E-state index contributed by atoms with van der Waals surface area (Å²) in [6.07, 6.45) is 0. The van der Waals surface area contributed by atoms with Crippen molar-refractivity contribution in [3.05, 3.63) is 55.1 Å². The number of halogens is 4. The van der Waals surface area contributed by atoms with Crippen LogP contribution < -0.4 is 10.5 Å². The summed E-state index contributed by atoms with van der Waals surface area (Å²) in [6.45, 7) is 0. The number of rotatable bonds is 3. The molecule has 0 aliphatic rings. The van der Waals surface area contributed by atoms with E-state index in [4.69, 9.17) is 15.9 Å². The molecule has 0 fully saturated rings. The van der Waals surface area contributed by atoms with Crippen molar-refractivity contribution in [1.82, 2.24) is 0 Å². The topological polar surface area (TPSA) is 59.1 Å². The molecule has 0 amide bonds. The normalized spacial score (nSPS) is 10.4. The molecule has 0 aromatic heterocycles. The van der Waals surface area contributed by atoms with Crippen LogP contribution in [-0.4, -0.2) is 5.84 Å². The molecule has 0 saturated heterocycles. The second-order valence-corrected chi connectivity index (χ2v) is 6.39. The number of nitrogens with one attached hydrogen (secondary N) is 1. The van der Waals surface area contributed by atoms with Gasteiger partial charge in [-0.3, -0.25) is 5.41 Å². The Bertz CT molecular complexity index is 692. The van der Waals surface area contributed by atoms with Gasteiger partial charge in [0, 0.05) is 10.0 Å². The highest BCUT2D eigenvalue weighted by Gasteiger charge is 2.15. The van der Waals surface area contributed by atoms with Gasteiger partial charge in [0.1, 0.15) is 11.6 Å². The average Bonchev–Trinajstić information content (AvgIpc) is 2.37. The van der Waals surface area contributed by atoms with Crippen molar-refractivity contribution < 1.29 is 9.13 Å². The number of hydrogen-bond donors (Lipinski definition) is 2. The minimum absolute atomic E-state index is 0.0462. The van der Waals surface area contributed by atoms with Crippen molar-refractivity contribution in [3.8, 4) is 11.5 Å². The SMILES string of the molecule is N=C(N)c1ccc(Oc2ccc(Br)cc2Br)c(F)c1Br. The van der Waals surface area contributed by atoms with Gasteiger partial charge in [0.25, 0.3) is 0 Å². The second kappa shape index (κ2) is 6.24. The Morgan fingerprint density at radius 3 is 2.35 bits per heavy atom. The highest BCUT2D eigenvalue weighted by molar-refractivity contribution is 9.11. The van der Waals surface area contributed by atoms with Crippen LogP contribution in [0.1, 0.15) is 5.56 Å². The summed E-state index contributed by atoms with van der Waals surface area (Å²) < 4.78 is 21.4. The van der Waals surface area contributed by atoms with Crippen molar-refractivity contribution in [2.24, 2.45) is 5.73 Å². The second-order valence-electron chi connectivity index (χ2n) is 3.83. The summed E-state index contributed by atoms with van der Waals surface area (Å²) in [5.41, 5.74) is 5.64. The maximum atomic E-state index is 14.2. The molecule has 0 aliphatic heterocycles. The predicted octanol–water partition coefficient (Wildman–Crippen LogP) is 5.19. The number of amidine groups is 1. The van der Waals surface area contributed by atoms with Gasteiger partial charge in [-0.1, -0.05) is 15.9 Å². The fourth-order valence-electron chi connectivity index (χ4n) is 1.50. The van der Waals surface area contributed by atoms with Crippen LogP contribution in [0.2, 0.25) is 0 Å². The van der Waals surface area contributed by atoms with E-state index in [0.29, 0.717) is 10.2 Å². The zero-order chi connectivity index (χ0) is 14.9. The predicted molar refractivity (Wildman–Crippen MR) is 87.0 cm³/mol. The summed E-state index contributed by atoms with van der Waals surface area (Å²) in [5.74, 6) is -0.292. The Balaban J connectivity index is 2.39. The molecule has 0 heterocycles. The van der Waals surface area contributed by atoms with Gasteiger partial charge in [0.2, 0.25) is 0 Å². The number of benzene rings is 2. The average molecular weight is 467 g/mol. The van der Waals surface area contributed by atoms with Crippen LogP contribution in [0.15, 0.2) is 43.7 Å². The molecule has 2 aromatic carbocycles. The summed E-state index contributed by atoms with van der Waals surface area (Å²) in [4.78, 5) is 0. The van der Waals surface area contributed by atoms with E-state index in [-0.39, 0.29) is 21.6 Å². The number of nitrogen functional groups attached to an aromatic ring is 1. The molecule has 104 valence electrons. The molecule has 2 aromatic rings. The van der Waals surface area contributed by atoms with Gasteiger partial charge >= 0.3 is 0 Å². The van der Waals surface area contributed by atoms with E-state index < -0.39 is 5.82 Å². The Kier molecular flexibility index (Phi) is 4.82. The third-order valence-electron chi connectivity index (χ3n) is 2.45. The fraction of sp³-hybridized carbons (Fsp3) is 0. The maximum absolute atomic E-state index is 14.2. The van der Waals surface area contributed by atoms with E-state index in [1.54, 1.807) is 18.2 Å². The van der Waals surface area contributed by atoms with E-state index in [1.165, 1.54) is 12.1 Å². The van der Waals surface area contributed by atoms with Gasteiger partial charge < -0.3 is 10.5 Å². The molecule has 0 aliphatic carbocycles. The number of ether oxygens (including phenoxy) is 1. The third-order valence-corrected chi connectivity index (χ3v) is 4.34. The first kappa shape index (κ1) is 15.5. The molecule has 0 saturated carbocycles. The molecule has 0 bridgehead atoms. The lowest BCUT2D eigenvalue weighted by molar-refractivity contribution is 0.438. The van der Waals surface area contributed by atoms with Crippen LogP contribution in [0.3, 0.4) is 0 Å². The molecule has 3 nitrogen and oxygen atoms in total. The largest absolute Gasteiger partial charge is 0.453 e. The van der Waals surface area contributed by atoms with Gasteiger partial charge in [-0.25, -0.2) is 4.39 Å². The molecule has 0 unspecified atom stereocenters. The molecule has 0 atom stereocenters. The lowest BCUT2D eigenvalue weighted by atomic mass is 10.2. The van der Waals surface area contributed by atoms with E-state index in [0.717, 1.165) is 4.47 Å². The Morgan fingerprint density at radius 1 is 1.10 bits per heavy atom. The number of nitrogens with two attached hydrogens (primary N) is 1. The van der Waals surface area contributed by atoms with Crippen LogP contribution in [0, 0.1) is 11.2 Å². The number of hydrogen-bond acceptors (Lipinski definition) is 2. The summed E-state index contributed by atoms with van der Waals surface area (Å²) in [6, 6.07) is 8.26. The lowest BCUT2D eigenvalue weighted by Crippen LogP contribution is -2.12.